The predicted octanol–water partition coefficient (Wildman–Crippen LogP) is 4.40. The van der Waals surface area contributed by atoms with Gasteiger partial charge in [-0.15, -0.1) is 0 Å². The van der Waals surface area contributed by atoms with Crippen LogP contribution in [0.3, 0.4) is 0 Å². The number of aryl methyl sites for hydroxylation is 1. The van der Waals surface area contributed by atoms with Gasteiger partial charge in [0, 0.05) is 12.0 Å². The van der Waals surface area contributed by atoms with E-state index >= 15 is 0 Å². The third-order valence-corrected chi connectivity index (χ3v) is 3.45. The summed E-state index contributed by atoms with van der Waals surface area (Å²) in [5, 5.41) is 0. The zero-order valence-corrected chi connectivity index (χ0v) is 11.4. The van der Waals surface area contributed by atoms with Crippen molar-refractivity contribution in [2.45, 2.75) is 26.7 Å². The van der Waals surface area contributed by atoms with E-state index in [1.165, 1.54) is 11.1 Å². The molecule has 0 aromatic heterocycles. The molecule has 0 radical (unpaired) electrons. The first kappa shape index (κ1) is 13.4. The summed E-state index contributed by atoms with van der Waals surface area (Å²) in [6.45, 7) is 4.14. The SMILES string of the molecule is CCC(CC(=O)c1ccc(C)cc1)C1=CC=C=C=C1. The van der Waals surface area contributed by atoms with Gasteiger partial charge in [-0.25, -0.2) is 0 Å². The second kappa shape index (κ2) is 6.20. The number of hydrogen-bond acceptors (Lipinski definition) is 1. The van der Waals surface area contributed by atoms with Crippen molar-refractivity contribution in [3.8, 4) is 0 Å². The lowest BCUT2D eigenvalue weighted by Crippen LogP contribution is -2.10. The van der Waals surface area contributed by atoms with Gasteiger partial charge in [0.05, 0.1) is 0 Å². The highest BCUT2D eigenvalue weighted by molar-refractivity contribution is 5.96. The second-order valence-electron chi connectivity index (χ2n) is 4.86. The summed E-state index contributed by atoms with van der Waals surface area (Å²) < 4.78 is 0. The van der Waals surface area contributed by atoms with E-state index in [4.69, 9.17) is 0 Å². The van der Waals surface area contributed by atoms with Gasteiger partial charge < -0.3 is 0 Å². The first-order valence-electron chi connectivity index (χ1n) is 6.68. The summed E-state index contributed by atoms with van der Waals surface area (Å²) in [5.41, 5.74) is 9.00. The molecule has 1 aliphatic rings. The lowest BCUT2D eigenvalue weighted by molar-refractivity contribution is 0.0967. The fourth-order valence-electron chi connectivity index (χ4n) is 2.19. The van der Waals surface area contributed by atoms with Gasteiger partial charge in [-0.05, 0) is 43.1 Å². The number of carbonyl (C=O) groups is 1. The molecule has 0 aliphatic heterocycles. The van der Waals surface area contributed by atoms with Crippen molar-refractivity contribution in [3.05, 3.63) is 70.7 Å². The van der Waals surface area contributed by atoms with Crippen molar-refractivity contribution < 1.29 is 4.79 Å². The van der Waals surface area contributed by atoms with Crippen LogP contribution in [0.4, 0.5) is 0 Å². The van der Waals surface area contributed by atoms with E-state index in [-0.39, 0.29) is 11.7 Å². The predicted molar refractivity (Wildman–Crippen MR) is 78.2 cm³/mol. The van der Waals surface area contributed by atoms with Crippen molar-refractivity contribution in [2.75, 3.05) is 0 Å². The Morgan fingerprint density at radius 1 is 1.21 bits per heavy atom. The topological polar surface area (TPSA) is 17.1 Å². The number of carbonyl (C=O) groups excluding carboxylic acids is 1. The molecule has 0 N–H and O–H groups in total. The van der Waals surface area contributed by atoms with Gasteiger partial charge >= 0.3 is 0 Å². The van der Waals surface area contributed by atoms with Gasteiger partial charge in [-0.3, -0.25) is 4.79 Å². The quantitative estimate of drug-likeness (QED) is 0.559. The number of rotatable bonds is 5. The molecule has 1 heteroatoms. The third kappa shape index (κ3) is 3.45. The molecule has 1 unspecified atom stereocenters. The molecule has 1 aliphatic carbocycles. The lowest BCUT2D eigenvalue weighted by atomic mass is 9.88. The maximum Gasteiger partial charge on any atom is 0.163 e. The average molecular weight is 250 g/mol. The molecule has 1 aromatic carbocycles. The Balaban J connectivity index is 2.08. The van der Waals surface area contributed by atoms with Crippen molar-refractivity contribution in [3.63, 3.8) is 0 Å². The minimum atomic E-state index is 0.208. The maximum atomic E-state index is 12.3. The molecule has 96 valence electrons. The number of hydrogen-bond donors (Lipinski definition) is 0. The van der Waals surface area contributed by atoms with Gasteiger partial charge in [-0.1, -0.05) is 48.2 Å². The van der Waals surface area contributed by atoms with Gasteiger partial charge in [0.1, 0.15) is 0 Å². The maximum absolute atomic E-state index is 12.3. The molecule has 1 nitrogen and oxygen atoms in total. The van der Waals surface area contributed by atoms with Crippen LogP contribution in [0.25, 0.3) is 0 Å². The summed E-state index contributed by atoms with van der Waals surface area (Å²) in [7, 11) is 0. The Labute approximate surface area is 114 Å². The Kier molecular flexibility index (Phi) is 4.36. The number of Topliss-reactive ketones (excluding diaryl/α,β-unsaturated/α-hetero) is 1. The minimum absolute atomic E-state index is 0.208. The van der Waals surface area contributed by atoms with Gasteiger partial charge in [0.25, 0.3) is 0 Å². The molecule has 19 heavy (non-hydrogen) atoms. The van der Waals surface area contributed by atoms with Crippen molar-refractivity contribution >= 4 is 5.78 Å². The fraction of sp³-hybridized carbons (Fsp3) is 0.278. The van der Waals surface area contributed by atoms with Crippen LogP contribution in [0.15, 0.2) is 59.5 Å². The molecule has 0 fully saturated rings. The average Bonchev–Trinajstić information content (AvgIpc) is 2.46. The summed E-state index contributed by atoms with van der Waals surface area (Å²) in [4.78, 5) is 12.3. The molecule has 0 spiro atoms. The third-order valence-electron chi connectivity index (χ3n) is 3.45. The molecule has 1 atom stereocenters. The van der Waals surface area contributed by atoms with E-state index in [9.17, 15) is 4.79 Å². The molecule has 0 bridgehead atoms. The standard InChI is InChI=1S/C18H18O/c1-3-15(16-7-5-4-6-8-16)13-18(19)17-11-9-14(2)10-12-17/h5,7-12,15H,3,13H2,1-2H3. The fourth-order valence-corrected chi connectivity index (χ4v) is 2.19. The van der Waals surface area contributed by atoms with Crippen LogP contribution >= 0.6 is 0 Å². The normalized spacial score (nSPS) is 14.3. The van der Waals surface area contributed by atoms with E-state index in [1.54, 1.807) is 0 Å². The van der Waals surface area contributed by atoms with Crippen LogP contribution in [-0.4, -0.2) is 5.78 Å². The van der Waals surface area contributed by atoms with E-state index in [0.717, 1.165) is 12.0 Å². The highest BCUT2D eigenvalue weighted by Gasteiger charge is 2.16. The Hall–Kier alpha value is -2.07. The Morgan fingerprint density at radius 3 is 2.53 bits per heavy atom. The molecule has 0 amide bonds. The van der Waals surface area contributed by atoms with Crippen molar-refractivity contribution in [1.82, 2.24) is 0 Å². The highest BCUT2D eigenvalue weighted by Crippen LogP contribution is 2.23. The number of allylic oxidation sites excluding steroid dienone is 4. The Bertz CT molecular complexity index is 589. The number of benzene rings is 1. The number of ketones is 1. The van der Waals surface area contributed by atoms with Crippen LogP contribution < -0.4 is 0 Å². The molecular weight excluding hydrogens is 232 g/mol. The van der Waals surface area contributed by atoms with E-state index in [2.05, 4.69) is 18.4 Å². The molecular formula is C18H18O. The van der Waals surface area contributed by atoms with E-state index in [1.807, 2.05) is 49.4 Å². The van der Waals surface area contributed by atoms with Crippen LogP contribution in [-0.2, 0) is 0 Å². The zero-order chi connectivity index (χ0) is 13.7. The van der Waals surface area contributed by atoms with Gasteiger partial charge in [0.15, 0.2) is 5.78 Å². The second-order valence-corrected chi connectivity index (χ2v) is 4.86. The van der Waals surface area contributed by atoms with Gasteiger partial charge in [-0.2, -0.15) is 0 Å². The molecule has 2 rings (SSSR count). The summed E-state index contributed by atoms with van der Waals surface area (Å²) in [6, 6.07) is 7.80. The largest absolute Gasteiger partial charge is 0.294 e. The first-order valence-corrected chi connectivity index (χ1v) is 6.68. The monoisotopic (exact) mass is 250 g/mol. The van der Waals surface area contributed by atoms with Crippen LogP contribution in [0.1, 0.15) is 35.7 Å². The van der Waals surface area contributed by atoms with Crippen LogP contribution in [0.2, 0.25) is 0 Å². The smallest absolute Gasteiger partial charge is 0.163 e. The molecule has 0 heterocycles. The minimum Gasteiger partial charge on any atom is -0.294 e. The lowest BCUT2D eigenvalue weighted by Gasteiger charge is -2.15. The first-order chi connectivity index (χ1) is 9.20. The molecule has 0 saturated heterocycles. The van der Waals surface area contributed by atoms with E-state index < -0.39 is 0 Å². The summed E-state index contributed by atoms with van der Waals surface area (Å²) in [5.74, 6) is 0.472. The summed E-state index contributed by atoms with van der Waals surface area (Å²) in [6.07, 6.45) is 7.31. The molecule has 0 saturated carbocycles. The van der Waals surface area contributed by atoms with Crippen molar-refractivity contribution in [1.29, 1.82) is 0 Å². The van der Waals surface area contributed by atoms with Crippen LogP contribution in [0, 0.1) is 12.8 Å². The Morgan fingerprint density at radius 2 is 1.95 bits per heavy atom. The van der Waals surface area contributed by atoms with E-state index in [0.29, 0.717) is 6.42 Å². The summed E-state index contributed by atoms with van der Waals surface area (Å²) >= 11 is 0. The molecule has 1 aromatic rings. The van der Waals surface area contributed by atoms with Crippen molar-refractivity contribution in [2.24, 2.45) is 5.92 Å². The van der Waals surface area contributed by atoms with Gasteiger partial charge in [0.2, 0.25) is 0 Å². The zero-order valence-electron chi connectivity index (χ0n) is 11.4. The van der Waals surface area contributed by atoms with Crippen LogP contribution in [0.5, 0.6) is 0 Å². The highest BCUT2D eigenvalue weighted by atomic mass is 16.1.